The Morgan fingerprint density at radius 2 is 2.08 bits per heavy atom. The second-order valence-electron chi connectivity index (χ2n) is 7.09. The molecule has 0 radical (unpaired) electrons. The molecule has 3 atom stereocenters. The molecule has 2 aromatic rings. The predicted octanol–water partition coefficient (Wildman–Crippen LogP) is 3.30. The molecule has 6 nitrogen and oxygen atoms in total. The van der Waals surface area contributed by atoms with Crippen LogP contribution in [0, 0.1) is 6.92 Å². The van der Waals surface area contributed by atoms with Crippen LogP contribution in [0.2, 0.25) is 5.02 Å². The first-order valence-electron chi connectivity index (χ1n) is 9.12. The number of piperidine rings is 1. The number of benzene rings is 1. The van der Waals surface area contributed by atoms with Crippen molar-refractivity contribution >= 4 is 17.5 Å². The number of halogens is 1. The smallest absolute Gasteiger partial charge is 0.241 e. The van der Waals surface area contributed by atoms with Crippen LogP contribution >= 0.6 is 11.6 Å². The molecule has 2 aliphatic heterocycles. The Hall–Kier alpha value is -1.89. The summed E-state index contributed by atoms with van der Waals surface area (Å²) in [5.41, 5.74) is 8.40. The average molecular weight is 375 g/mol. The number of nitrogens with zero attached hydrogens (tertiary/aromatic N) is 2. The molecule has 0 aliphatic carbocycles. The van der Waals surface area contributed by atoms with Gasteiger partial charge in [-0.3, -0.25) is 4.79 Å². The summed E-state index contributed by atoms with van der Waals surface area (Å²) in [5, 5.41) is 4.87. The van der Waals surface area contributed by atoms with E-state index in [-0.39, 0.29) is 24.0 Å². The molecule has 3 unspecified atom stereocenters. The van der Waals surface area contributed by atoms with Gasteiger partial charge in [-0.15, -0.1) is 0 Å². The molecule has 2 fully saturated rings. The molecule has 4 rings (SSSR count). The van der Waals surface area contributed by atoms with Gasteiger partial charge in [0.25, 0.3) is 0 Å². The summed E-state index contributed by atoms with van der Waals surface area (Å²) in [4.78, 5) is 15.1. The predicted molar refractivity (Wildman–Crippen MR) is 98.4 cm³/mol. The summed E-state index contributed by atoms with van der Waals surface area (Å²) in [6.45, 7) is 2.64. The van der Waals surface area contributed by atoms with Crippen LogP contribution in [0.5, 0.6) is 0 Å². The molecule has 0 spiro atoms. The maximum Gasteiger partial charge on any atom is 0.241 e. The number of hydrogen-bond donors (Lipinski definition) is 2. The highest BCUT2D eigenvalue weighted by Gasteiger charge is 2.37. The van der Waals surface area contributed by atoms with Crippen molar-refractivity contribution in [3.05, 3.63) is 52.4 Å². The van der Waals surface area contributed by atoms with E-state index in [9.17, 15) is 4.79 Å². The Morgan fingerprint density at radius 1 is 1.27 bits per heavy atom. The third-order valence-electron chi connectivity index (χ3n) is 5.25. The molecule has 26 heavy (non-hydrogen) atoms. The number of hydrogen-bond acceptors (Lipinski definition) is 5. The molecule has 2 N–H and O–H groups in total. The minimum Gasteiger partial charge on any atom is -0.361 e. The van der Waals surface area contributed by atoms with Crippen LogP contribution in [-0.2, 0) is 4.79 Å². The van der Waals surface area contributed by atoms with Gasteiger partial charge in [-0.05, 0) is 50.3 Å². The van der Waals surface area contributed by atoms with E-state index in [0.29, 0.717) is 11.4 Å². The summed E-state index contributed by atoms with van der Waals surface area (Å²) < 4.78 is 5.23. The molecular formula is C19H23ClN4O2. The number of aryl methyl sites for hydroxylation is 1. The molecule has 138 valence electrons. The number of nitrogens with one attached hydrogen (secondary N) is 2. The van der Waals surface area contributed by atoms with Crippen molar-refractivity contribution in [2.75, 3.05) is 6.54 Å². The van der Waals surface area contributed by atoms with Crippen molar-refractivity contribution in [3.8, 4) is 0 Å². The lowest BCUT2D eigenvalue weighted by Gasteiger charge is -2.36. The van der Waals surface area contributed by atoms with Crippen molar-refractivity contribution in [2.24, 2.45) is 0 Å². The molecule has 2 saturated heterocycles. The van der Waals surface area contributed by atoms with Gasteiger partial charge < -0.3 is 9.42 Å². The number of carbonyl (C=O) groups excluding carboxylic acids is 1. The van der Waals surface area contributed by atoms with Gasteiger partial charge in [-0.1, -0.05) is 28.9 Å². The van der Waals surface area contributed by atoms with Gasteiger partial charge in [0.05, 0.1) is 6.04 Å². The molecule has 1 aromatic heterocycles. The zero-order valence-electron chi connectivity index (χ0n) is 14.7. The first-order chi connectivity index (χ1) is 12.6. The fraction of sp³-hybridized carbons (Fsp3) is 0.474. The van der Waals surface area contributed by atoms with Gasteiger partial charge in [0.2, 0.25) is 5.91 Å². The summed E-state index contributed by atoms with van der Waals surface area (Å²) >= 11 is 5.96. The molecule has 3 heterocycles. The number of amides is 1. The lowest BCUT2D eigenvalue weighted by atomic mass is 9.96. The Bertz CT molecular complexity index is 776. The summed E-state index contributed by atoms with van der Waals surface area (Å²) in [7, 11) is 0. The zero-order valence-corrected chi connectivity index (χ0v) is 15.5. The van der Waals surface area contributed by atoms with Gasteiger partial charge in [-0.2, -0.15) is 0 Å². The Balaban J connectivity index is 1.47. The lowest BCUT2D eigenvalue weighted by Crippen LogP contribution is -2.48. The molecular weight excluding hydrogens is 352 g/mol. The van der Waals surface area contributed by atoms with Crippen LogP contribution in [0.3, 0.4) is 0 Å². The van der Waals surface area contributed by atoms with Gasteiger partial charge in [-0.25, -0.2) is 10.9 Å². The van der Waals surface area contributed by atoms with Crippen LogP contribution in [0.15, 0.2) is 34.9 Å². The van der Waals surface area contributed by atoms with E-state index in [1.54, 1.807) is 0 Å². The third kappa shape index (κ3) is 3.49. The summed E-state index contributed by atoms with van der Waals surface area (Å²) in [6.07, 6.45) is 3.77. The molecule has 1 aromatic carbocycles. The Kier molecular flexibility index (Phi) is 4.98. The van der Waals surface area contributed by atoms with Crippen LogP contribution in [-0.4, -0.2) is 28.6 Å². The largest absolute Gasteiger partial charge is 0.361 e. The topological polar surface area (TPSA) is 70.4 Å². The van der Waals surface area contributed by atoms with Crippen molar-refractivity contribution in [1.29, 1.82) is 0 Å². The quantitative estimate of drug-likeness (QED) is 0.862. The summed E-state index contributed by atoms with van der Waals surface area (Å²) in [6, 6.07) is 9.54. The van der Waals surface area contributed by atoms with Crippen LogP contribution in [0.25, 0.3) is 0 Å². The minimum absolute atomic E-state index is 0.00471. The van der Waals surface area contributed by atoms with E-state index in [1.807, 2.05) is 42.2 Å². The zero-order chi connectivity index (χ0) is 18.1. The van der Waals surface area contributed by atoms with Crippen molar-refractivity contribution in [1.82, 2.24) is 20.9 Å². The number of aromatic nitrogens is 1. The second kappa shape index (κ2) is 7.39. The fourth-order valence-electron chi connectivity index (χ4n) is 3.88. The molecule has 1 amide bonds. The first kappa shape index (κ1) is 17.5. The average Bonchev–Trinajstić information content (AvgIpc) is 3.31. The highest BCUT2D eigenvalue weighted by atomic mass is 35.5. The number of hydrazine groups is 1. The van der Waals surface area contributed by atoms with Gasteiger partial charge in [0, 0.05) is 23.7 Å². The van der Waals surface area contributed by atoms with E-state index >= 15 is 0 Å². The van der Waals surface area contributed by atoms with Crippen molar-refractivity contribution in [2.45, 2.75) is 50.7 Å². The maximum atomic E-state index is 13.2. The maximum absolute atomic E-state index is 13.2. The molecule has 7 heteroatoms. The SMILES string of the molecule is Cc1cc(C2CCCCN2C(=O)C2CC(c3ccc(Cl)cc3)NN2)no1. The van der Waals surface area contributed by atoms with E-state index in [1.165, 1.54) is 0 Å². The van der Waals surface area contributed by atoms with E-state index in [4.69, 9.17) is 16.1 Å². The minimum atomic E-state index is -0.246. The Labute approximate surface area is 157 Å². The van der Waals surface area contributed by atoms with E-state index in [0.717, 1.165) is 42.8 Å². The Morgan fingerprint density at radius 3 is 2.81 bits per heavy atom. The van der Waals surface area contributed by atoms with Crippen LogP contribution < -0.4 is 10.9 Å². The number of carbonyl (C=O) groups is 1. The monoisotopic (exact) mass is 374 g/mol. The second-order valence-corrected chi connectivity index (χ2v) is 7.52. The molecule has 0 bridgehead atoms. The van der Waals surface area contributed by atoms with E-state index in [2.05, 4.69) is 16.0 Å². The van der Waals surface area contributed by atoms with Crippen LogP contribution in [0.1, 0.15) is 54.8 Å². The van der Waals surface area contributed by atoms with Gasteiger partial charge >= 0.3 is 0 Å². The van der Waals surface area contributed by atoms with Crippen molar-refractivity contribution in [3.63, 3.8) is 0 Å². The standard InChI is InChI=1S/C19H23ClN4O2/c1-12-10-16(23-26-12)18-4-2-3-9-24(18)19(25)17-11-15(21-22-17)13-5-7-14(20)8-6-13/h5-8,10,15,17-18,21-22H,2-4,9,11H2,1H3. The normalized spacial score (nSPS) is 26.2. The first-order valence-corrected chi connectivity index (χ1v) is 9.50. The van der Waals surface area contributed by atoms with E-state index < -0.39 is 0 Å². The third-order valence-corrected chi connectivity index (χ3v) is 5.50. The van der Waals surface area contributed by atoms with Crippen molar-refractivity contribution < 1.29 is 9.32 Å². The molecule has 2 aliphatic rings. The van der Waals surface area contributed by atoms with Gasteiger partial charge in [0.1, 0.15) is 17.5 Å². The molecule has 0 saturated carbocycles. The number of likely N-dealkylation sites (tertiary alicyclic amines) is 1. The number of rotatable bonds is 3. The highest BCUT2D eigenvalue weighted by molar-refractivity contribution is 6.30. The lowest BCUT2D eigenvalue weighted by molar-refractivity contribution is -0.137. The van der Waals surface area contributed by atoms with Gasteiger partial charge in [0.15, 0.2) is 0 Å². The fourth-order valence-corrected chi connectivity index (χ4v) is 4.00. The highest BCUT2D eigenvalue weighted by Crippen LogP contribution is 2.33. The summed E-state index contributed by atoms with van der Waals surface area (Å²) in [5.74, 6) is 0.903. The van der Waals surface area contributed by atoms with Crippen LogP contribution in [0.4, 0.5) is 0 Å².